The fourth-order valence-corrected chi connectivity index (χ4v) is 1.82. The average molecular weight is 267 g/mol. The van der Waals surface area contributed by atoms with Crippen LogP contribution in [-0.2, 0) is 0 Å². The summed E-state index contributed by atoms with van der Waals surface area (Å²) in [5, 5.41) is 13.9. The molecule has 0 amide bonds. The Morgan fingerprint density at radius 2 is 2.00 bits per heavy atom. The highest BCUT2D eigenvalue weighted by Crippen LogP contribution is 2.26. The predicted molar refractivity (Wildman–Crippen MR) is 66.8 cm³/mol. The van der Waals surface area contributed by atoms with Crippen molar-refractivity contribution < 1.29 is 14.6 Å². The van der Waals surface area contributed by atoms with Crippen molar-refractivity contribution in [3.63, 3.8) is 0 Å². The minimum Gasteiger partial charge on any atom is -0.480 e. The summed E-state index contributed by atoms with van der Waals surface area (Å²) in [6.07, 6.45) is 0. The Labute approximate surface area is 109 Å². The van der Waals surface area contributed by atoms with Crippen molar-refractivity contribution in [1.82, 2.24) is 9.78 Å². The van der Waals surface area contributed by atoms with Gasteiger partial charge < -0.3 is 9.84 Å². The van der Waals surface area contributed by atoms with E-state index in [-0.39, 0.29) is 11.4 Å². The zero-order chi connectivity index (χ0) is 13.3. The topological polar surface area (TPSA) is 64.3 Å². The van der Waals surface area contributed by atoms with E-state index < -0.39 is 5.97 Å². The van der Waals surface area contributed by atoms with Gasteiger partial charge in [0, 0.05) is 5.02 Å². The third-order valence-corrected chi connectivity index (χ3v) is 2.75. The van der Waals surface area contributed by atoms with Crippen LogP contribution in [0.3, 0.4) is 0 Å². The molecule has 94 valence electrons. The van der Waals surface area contributed by atoms with Gasteiger partial charge in [0.1, 0.15) is 5.56 Å². The molecule has 1 aromatic heterocycles. The maximum Gasteiger partial charge on any atom is 0.343 e. The molecule has 0 saturated carbocycles. The molecule has 6 heteroatoms. The van der Waals surface area contributed by atoms with Gasteiger partial charge in [-0.05, 0) is 31.2 Å². The highest BCUT2D eigenvalue weighted by atomic mass is 35.5. The van der Waals surface area contributed by atoms with E-state index in [1.165, 1.54) is 11.8 Å². The zero-order valence-corrected chi connectivity index (χ0v) is 10.6. The first-order valence-corrected chi connectivity index (χ1v) is 5.55. The number of hydrogen-bond acceptors (Lipinski definition) is 3. The third kappa shape index (κ3) is 2.04. The molecule has 18 heavy (non-hydrogen) atoms. The van der Waals surface area contributed by atoms with E-state index in [0.29, 0.717) is 16.4 Å². The minimum atomic E-state index is -1.07. The molecule has 0 fully saturated rings. The van der Waals surface area contributed by atoms with Gasteiger partial charge >= 0.3 is 5.97 Å². The number of hydrogen-bond donors (Lipinski definition) is 1. The van der Waals surface area contributed by atoms with Gasteiger partial charge in [0.05, 0.1) is 18.5 Å². The quantitative estimate of drug-likeness (QED) is 0.927. The molecule has 0 aliphatic heterocycles. The van der Waals surface area contributed by atoms with E-state index in [4.69, 9.17) is 21.4 Å². The van der Waals surface area contributed by atoms with Crippen LogP contribution in [0.1, 0.15) is 16.1 Å². The van der Waals surface area contributed by atoms with Crippen LogP contribution in [-0.4, -0.2) is 28.0 Å². The Morgan fingerprint density at radius 3 is 2.50 bits per heavy atom. The van der Waals surface area contributed by atoms with Crippen molar-refractivity contribution in [3.05, 3.63) is 40.5 Å². The van der Waals surface area contributed by atoms with Crippen molar-refractivity contribution in [2.45, 2.75) is 6.92 Å². The van der Waals surface area contributed by atoms with Gasteiger partial charge in [-0.25, -0.2) is 9.48 Å². The molecular weight excluding hydrogens is 256 g/mol. The Morgan fingerprint density at radius 1 is 1.39 bits per heavy atom. The van der Waals surface area contributed by atoms with E-state index in [1.54, 1.807) is 31.2 Å². The van der Waals surface area contributed by atoms with Crippen LogP contribution in [0.25, 0.3) is 5.69 Å². The minimum absolute atomic E-state index is 0.0625. The SMILES string of the molecule is COc1c(C(=O)O)c(C)nn1-c1ccc(Cl)cc1. The molecule has 0 unspecified atom stereocenters. The lowest BCUT2D eigenvalue weighted by Crippen LogP contribution is -2.03. The Balaban J connectivity index is 2.61. The number of ether oxygens (including phenoxy) is 1. The van der Waals surface area contributed by atoms with Crippen LogP contribution in [0.5, 0.6) is 5.88 Å². The standard InChI is InChI=1S/C12H11ClN2O3/c1-7-10(12(16)17)11(18-2)15(14-7)9-5-3-8(13)4-6-9/h3-6H,1-2H3,(H,16,17). The van der Waals surface area contributed by atoms with Crippen molar-refractivity contribution in [2.75, 3.05) is 7.11 Å². The summed E-state index contributed by atoms with van der Waals surface area (Å²) in [6.45, 7) is 1.62. The summed E-state index contributed by atoms with van der Waals surface area (Å²) in [7, 11) is 1.41. The monoisotopic (exact) mass is 266 g/mol. The summed E-state index contributed by atoms with van der Waals surface area (Å²) in [5.41, 5.74) is 1.15. The van der Waals surface area contributed by atoms with Crippen LogP contribution in [0.15, 0.2) is 24.3 Å². The first-order chi connectivity index (χ1) is 8.54. The second-order valence-corrected chi connectivity index (χ2v) is 4.10. The van der Waals surface area contributed by atoms with E-state index in [1.807, 2.05) is 0 Å². The van der Waals surface area contributed by atoms with Crippen LogP contribution in [0.2, 0.25) is 5.02 Å². The number of carbonyl (C=O) groups is 1. The third-order valence-electron chi connectivity index (χ3n) is 2.50. The van der Waals surface area contributed by atoms with E-state index in [0.717, 1.165) is 0 Å². The lowest BCUT2D eigenvalue weighted by atomic mass is 10.2. The second-order valence-electron chi connectivity index (χ2n) is 3.66. The normalized spacial score (nSPS) is 10.4. The van der Waals surface area contributed by atoms with Crippen molar-refractivity contribution in [1.29, 1.82) is 0 Å². The molecule has 0 aliphatic carbocycles. The number of carboxylic acid groups (broad SMARTS) is 1. The van der Waals surface area contributed by atoms with Crippen molar-refractivity contribution in [2.24, 2.45) is 0 Å². The van der Waals surface area contributed by atoms with Crippen molar-refractivity contribution in [3.8, 4) is 11.6 Å². The highest BCUT2D eigenvalue weighted by Gasteiger charge is 2.22. The Hall–Kier alpha value is -2.01. The first kappa shape index (κ1) is 12.4. The summed E-state index contributed by atoms with van der Waals surface area (Å²) in [5.74, 6) is -0.869. The smallest absolute Gasteiger partial charge is 0.343 e. The van der Waals surface area contributed by atoms with Gasteiger partial charge in [-0.2, -0.15) is 5.10 Å². The molecule has 0 atom stereocenters. The van der Waals surface area contributed by atoms with Gasteiger partial charge in [-0.1, -0.05) is 11.6 Å². The number of aromatic nitrogens is 2. The van der Waals surface area contributed by atoms with E-state index in [9.17, 15) is 4.79 Å². The Bertz CT molecular complexity index is 590. The maximum atomic E-state index is 11.1. The van der Waals surface area contributed by atoms with Gasteiger partial charge in [-0.3, -0.25) is 0 Å². The summed E-state index contributed by atoms with van der Waals surface area (Å²) < 4.78 is 6.57. The van der Waals surface area contributed by atoms with Gasteiger partial charge in [-0.15, -0.1) is 0 Å². The Kier molecular flexibility index (Phi) is 3.25. The molecule has 0 radical (unpaired) electrons. The fourth-order valence-electron chi connectivity index (χ4n) is 1.70. The summed E-state index contributed by atoms with van der Waals surface area (Å²) >= 11 is 5.80. The number of aromatic carboxylic acids is 1. The first-order valence-electron chi connectivity index (χ1n) is 5.17. The zero-order valence-electron chi connectivity index (χ0n) is 9.85. The molecule has 1 aromatic carbocycles. The molecule has 1 heterocycles. The lowest BCUT2D eigenvalue weighted by Gasteiger charge is -2.06. The molecule has 0 saturated heterocycles. The number of carboxylic acids is 1. The van der Waals surface area contributed by atoms with Gasteiger partial charge in [0.25, 0.3) is 0 Å². The number of methoxy groups -OCH3 is 1. The fraction of sp³-hybridized carbons (Fsp3) is 0.167. The largest absolute Gasteiger partial charge is 0.480 e. The van der Waals surface area contributed by atoms with E-state index >= 15 is 0 Å². The number of benzene rings is 1. The number of nitrogens with zero attached hydrogens (tertiary/aromatic N) is 2. The van der Waals surface area contributed by atoms with Crippen LogP contribution >= 0.6 is 11.6 Å². The predicted octanol–water partition coefficient (Wildman–Crippen LogP) is 2.54. The average Bonchev–Trinajstić information content (AvgIpc) is 2.67. The molecule has 0 spiro atoms. The number of halogens is 1. The molecule has 2 rings (SSSR count). The number of rotatable bonds is 3. The van der Waals surface area contributed by atoms with Crippen molar-refractivity contribution >= 4 is 17.6 Å². The van der Waals surface area contributed by atoms with Crippen LogP contribution < -0.4 is 4.74 Å². The van der Waals surface area contributed by atoms with Crippen LogP contribution in [0, 0.1) is 6.92 Å². The maximum absolute atomic E-state index is 11.1. The second kappa shape index (κ2) is 4.70. The molecular formula is C12H11ClN2O3. The highest BCUT2D eigenvalue weighted by molar-refractivity contribution is 6.30. The van der Waals surface area contributed by atoms with E-state index in [2.05, 4.69) is 5.10 Å². The molecule has 0 aliphatic rings. The lowest BCUT2D eigenvalue weighted by molar-refractivity contribution is 0.0692. The van der Waals surface area contributed by atoms with Gasteiger partial charge in [0.15, 0.2) is 0 Å². The number of aryl methyl sites for hydroxylation is 1. The molecule has 2 aromatic rings. The molecule has 0 bridgehead atoms. The van der Waals surface area contributed by atoms with Crippen LogP contribution in [0.4, 0.5) is 0 Å². The van der Waals surface area contributed by atoms with Gasteiger partial charge in [0.2, 0.25) is 5.88 Å². The molecule has 5 nitrogen and oxygen atoms in total. The molecule has 1 N–H and O–H groups in total. The summed E-state index contributed by atoms with van der Waals surface area (Å²) in [4.78, 5) is 11.1. The summed E-state index contributed by atoms with van der Waals surface area (Å²) in [6, 6.07) is 6.88.